The van der Waals surface area contributed by atoms with Crippen molar-refractivity contribution < 1.29 is 9.16 Å². The summed E-state index contributed by atoms with van der Waals surface area (Å²) in [5, 5.41) is 0. The van der Waals surface area contributed by atoms with Gasteiger partial charge in [0.1, 0.15) is 6.23 Å². The number of rotatable bonds is 4. The second-order valence-corrected chi connectivity index (χ2v) is 9.14. The van der Waals surface area contributed by atoms with Gasteiger partial charge in [0.25, 0.3) is 0 Å². The lowest BCUT2D eigenvalue weighted by atomic mass is 9.95. The van der Waals surface area contributed by atoms with Crippen LogP contribution in [0.3, 0.4) is 0 Å². The van der Waals surface area contributed by atoms with Crippen molar-refractivity contribution in [3.05, 3.63) is 12.3 Å². The van der Waals surface area contributed by atoms with Gasteiger partial charge in [-0.15, -0.1) is 0 Å². The molecule has 0 aliphatic rings. The Labute approximate surface area is 83.1 Å². The second-order valence-electron chi connectivity index (χ2n) is 4.93. The Morgan fingerprint density at radius 2 is 1.77 bits per heavy atom. The first-order chi connectivity index (χ1) is 5.69. The van der Waals surface area contributed by atoms with E-state index in [-0.39, 0.29) is 5.41 Å². The SMILES string of the molecule is C=C(OC[Si](C)(C)OC)C(C)(C)C. The molecule has 0 aliphatic heterocycles. The third kappa shape index (κ3) is 5.11. The molecule has 0 bridgehead atoms. The maximum absolute atomic E-state index is 5.60. The fourth-order valence-corrected chi connectivity index (χ4v) is 1.18. The third-order valence-electron chi connectivity index (χ3n) is 1.98. The van der Waals surface area contributed by atoms with Crippen LogP contribution in [-0.4, -0.2) is 21.7 Å². The van der Waals surface area contributed by atoms with Gasteiger partial charge in [-0.2, -0.15) is 0 Å². The van der Waals surface area contributed by atoms with E-state index >= 15 is 0 Å². The van der Waals surface area contributed by atoms with Gasteiger partial charge in [0.2, 0.25) is 8.32 Å². The third-order valence-corrected chi connectivity index (χ3v) is 3.93. The molecule has 0 spiro atoms. The molecule has 0 fully saturated rings. The summed E-state index contributed by atoms with van der Waals surface area (Å²) < 4.78 is 11.0. The molecule has 0 amide bonds. The van der Waals surface area contributed by atoms with Crippen molar-refractivity contribution in [2.75, 3.05) is 13.3 Å². The average molecular weight is 202 g/mol. The van der Waals surface area contributed by atoms with Gasteiger partial charge in [0, 0.05) is 12.5 Å². The minimum absolute atomic E-state index is 0.0260. The topological polar surface area (TPSA) is 18.5 Å². The zero-order chi connectivity index (χ0) is 10.7. The first kappa shape index (κ1) is 12.7. The summed E-state index contributed by atoms with van der Waals surface area (Å²) in [6.07, 6.45) is 0.680. The van der Waals surface area contributed by atoms with Crippen LogP contribution in [0.25, 0.3) is 0 Å². The van der Waals surface area contributed by atoms with E-state index < -0.39 is 8.32 Å². The zero-order valence-electron chi connectivity index (χ0n) is 9.73. The molecule has 13 heavy (non-hydrogen) atoms. The highest BCUT2D eigenvalue weighted by Crippen LogP contribution is 2.24. The highest BCUT2D eigenvalue weighted by atomic mass is 28.4. The van der Waals surface area contributed by atoms with E-state index in [4.69, 9.17) is 9.16 Å². The predicted molar refractivity (Wildman–Crippen MR) is 59.0 cm³/mol. The molecule has 0 aromatic carbocycles. The van der Waals surface area contributed by atoms with Gasteiger partial charge in [0.05, 0.1) is 5.76 Å². The molecule has 0 aliphatic carbocycles. The van der Waals surface area contributed by atoms with Crippen LogP contribution in [0.15, 0.2) is 12.3 Å². The summed E-state index contributed by atoms with van der Waals surface area (Å²) >= 11 is 0. The normalized spacial score (nSPS) is 12.8. The minimum Gasteiger partial charge on any atom is -0.499 e. The average Bonchev–Trinajstić information content (AvgIpc) is 1.98. The molecular weight excluding hydrogens is 180 g/mol. The van der Waals surface area contributed by atoms with E-state index in [2.05, 4.69) is 40.4 Å². The Hall–Kier alpha value is -0.283. The smallest absolute Gasteiger partial charge is 0.224 e. The second kappa shape index (κ2) is 4.29. The van der Waals surface area contributed by atoms with Crippen LogP contribution < -0.4 is 0 Å². The largest absolute Gasteiger partial charge is 0.499 e. The van der Waals surface area contributed by atoms with Crippen LogP contribution in [-0.2, 0) is 9.16 Å². The van der Waals surface area contributed by atoms with E-state index in [0.29, 0.717) is 6.23 Å². The lowest BCUT2D eigenvalue weighted by molar-refractivity contribution is 0.175. The molecule has 0 N–H and O–H groups in total. The molecule has 0 rings (SSSR count). The first-order valence-electron chi connectivity index (χ1n) is 4.56. The van der Waals surface area contributed by atoms with Gasteiger partial charge >= 0.3 is 0 Å². The molecule has 3 heteroatoms. The van der Waals surface area contributed by atoms with Crippen molar-refractivity contribution >= 4 is 8.32 Å². The van der Waals surface area contributed by atoms with Crippen molar-refractivity contribution in [3.63, 3.8) is 0 Å². The molecule has 0 atom stereocenters. The van der Waals surface area contributed by atoms with E-state index in [1.807, 2.05) is 0 Å². The lowest BCUT2D eigenvalue weighted by Gasteiger charge is -2.26. The zero-order valence-corrected chi connectivity index (χ0v) is 10.7. The van der Waals surface area contributed by atoms with Gasteiger partial charge in [0.15, 0.2) is 0 Å². The van der Waals surface area contributed by atoms with Crippen LogP contribution >= 0.6 is 0 Å². The highest BCUT2D eigenvalue weighted by Gasteiger charge is 2.24. The maximum atomic E-state index is 5.60. The molecule has 0 heterocycles. The van der Waals surface area contributed by atoms with Crippen LogP contribution in [0, 0.1) is 5.41 Å². The number of allylic oxidation sites excluding steroid dienone is 1. The van der Waals surface area contributed by atoms with Gasteiger partial charge in [-0.1, -0.05) is 27.4 Å². The Bertz CT molecular complexity index is 180. The predicted octanol–water partition coefficient (Wildman–Crippen LogP) is 2.95. The summed E-state index contributed by atoms with van der Waals surface area (Å²) in [5.41, 5.74) is 0.0260. The van der Waals surface area contributed by atoms with Crippen molar-refractivity contribution in [2.45, 2.75) is 33.9 Å². The van der Waals surface area contributed by atoms with Gasteiger partial charge in [-0.3, -0.25) is 0 Å². The Morgan fingerprint density at radius 1 is 1.31 bits per heavy atom. The Balaban J connectivity index is 3.98. The molecule has 0 radical (unpaired) electrons. The Morgan fingerprint density at radius 3 is 2.08 bits per heavy atom. The van der Waals surface area contributed by atoms with Crippen LogP contribution in [0.4, 0.5) is 0 Å². The van der Waals surface area contributed by atoms with E-state index in [1.165, 1.54) is 0 Å². The van der Waals surface area contributed by atoms with Crippen LogP contribution in [0.2, 0.25) is 13.1 Å². The monoisotopic (exact) mass is 202 g/mol. The minimum atomic E-state index is -1.60. The molecule has 0 aromatic heterocycles. The molecule has 0 saturated heterocycles. The van der Waals surface area contributed by atoms with Crippen molar-refractivity contribution in [1.29, 1.82) is 0 Å². The van der Waals surface area contributed by atoms with E-state index in [9.17, 15) is 0 Å². The highest BCUT2D eigenvalue weighted by molar-refractivity contribution is 6.71. The van der Waals surface area contributed by atoms with Crippen molar-refractivity contribution in [1.82, 2.24) is 0 Å². The molecule has 78 valence electrons. The summed E-state index contributed by atoms with van der Waals surface area (Å²) in [6, 6.07) is 0. The van der Waals surface area contributed by atoms with Gasteiger partial charge in [-0.05, 0) is 13.1 Å². The van der Waals surface area contributed by atoms with Crippen molar-refractivity contribution in [3.8, 4) is 0 Å². The number of hydrogen-bond donors (Lipinski definition) is 0. The molecule has 0 saturated carbocycles. The molecule has 0 aromatic rings. The van der Waals surface area contributed by atoms with Crippen LogP contribution in [0.1, 0.15) is 20.8 Å². The lowest BCUT2D eigenvalue weighted by Crippen LogP contribution is -2.36. The van der Waals surface area contributed by atoms with Gasteiger partial charge < -0.3 is 9.16 Å². The molecular formula is C10H22O2Si. The molecule has 0 unspecified atom stereocenters. The summed E-state index contributed by atoms with van der Waals surface area (Å²) in [4.78, 5) is 0. The van der Waals surface area contributed by atoms with Crippen LogP contribution in [0.5, 0.6) is 0 Å². The summed E-state index contributed by atoms with van der Waals surface area (Å²) in [6.45, 7) is 14.4. The Kier molecular flexibility index (Phi) is 4.19. The van der Waals surface area contributed by atoms with E-state index in [1.54, 1.807) is 7.11 Å². The summed E-state index contributed by atoms with van der Waals surface area (Å²) in [5.74, 6) is 0.838. The maximum Gasteiger partial charge on any atom is 0.224 e. The fourth-order valence-electron chi connectivity index (χ4n) is 0.536. The van der Waals surface area contributed by atoms with E-state index in [0.717, 1.165) is 5.76 Å². The number of hydrogen-bond acceptors (Lipinski definition) is 2. The fraction of sp³-hybridized carbons (Fsp3) is 0.800. The summed E-state index contributed by atoms with van der Waals surface area (Å²) in [7, 11) is 0.144. The van der Waals surface area contributed by atoms with Gasteiger partial charge in [-0.25, -0.2) is 0 Å². The first-order valence-corrected chi connectivity index (χ1v) is 7.68. The number of ether oxygens (including phenoxy) is 1. The standard InChI is InChI=1S/C10H22O2Si/c1-9(10(2,3)4)12-8-13(6,7)11-5/h1,8H2,2-7H3. The van der Waals surface area contributed by atoms with Crippen molar-refractivity contribution in [2.24, 2.45) is 5.41 Å². The quantitative estimate of drug-likeness (QED) is 0.515. The molecule has 2 nitrogen and oxygen atoms in total.